The Kier molecular flexibility index (Phi) is 8.75. The number of carbonyl (C=O) groups excluding carboxylic acids is 2. The number of carbonyl (C=O) groups is 2. The topological polar surface area (TPSA) is 132 Å². The molecule has 11 nitrogen and oxygen atoms in total. The van der Waals surface area contributed by atoms with Gasteiger partial charge in [0.05, 0.1) is 23.4 Å². The summed E-state index contributed by atoms with van der Waals surface area (Å²) in [6.45, 7) is 3.89. The van der Waals surface area contributed by atoms with Gasteiger partial charge in [0.25, 0.3) is 5.69 Å². The number of amides is 3. The number of rotatable bonds is 10. The molecule has 1 aromatic heterocycles. The van der Waals surface area contributed by atoms with Gasteiger partial charge in [0, 0.05) is 29.9 Å². The maximum Gasteiger partial charge on any atom is 0.322 e. The highest BCUT2D eigenvalue weighted by molar-refractivity contribution is 5.99. The minimum atomic E-state index is -0.513. The van der Waals surface area contributed by atoms with Crippen molar-refractivity contribution in [2.75, 3.05) is 30.8 Å². The normalized spacial score (nSPS) is 10.6. The summed E-state index contributed by atoms with van der Waals surface area (Å²) in [5, 5.41) is 21.3. The lowest BCUT2D eigenvalue weighted by molar-refractivity contribution is -0.384. The van der Waals surface area contributed by atoms with Gasteiger partial charge in [-0.25, -0.2) is 9.48 Å². The third-order valence-electron chi connectivity index (χ3n) is 6.14. The number of nitrogens with one attached hydrogen (secondary N) is 2. The fourth-order valence-corrected chi connectivity index (χ4v) is 4.24. The molecule has 4 rings (SSSR count). The van der Waals surface area contributed by atoms with E-state index in [1.807, 2.05) is 68.4 Å². The molecule has 206 valence electrons. The minimum absolute atomic E-state index is 0.0826. The van der Waals surface area contributed by atoms with Crippen LogP contribution in [0, 0.1) is 17.0 Å². The van der Waals surface area contributed by atoms with Crippen molar-refractivity contribution in [3.63, 3.8) is 0 Å². The molecule has 1 heterocycles. The van der Waals surface area contributed by atoms with E-state index in [1.165, 1.54) is 29.2 Å². The van der Waals surface area contributed by atoms with Gasteiger partial charge >= 0.3 is 6.03 Å². The third-order valence-corrected chi connectivity index (χ3v) is 6.14. The van der Waals surface area contributed by atoms with Gasteiger partial charge in [-0.15, -0.1) is 0 Å². The molecule has 0 fully saturated rings. The van der Waals surface area contributed by atoms with Crippen LogP contribution in [0.4, 0.5) is 22.0 Å². The van der Waals surface area contributed by atoms with Gasteiger partial charge in [0.1, 0.15) is 18.1 Å². The predicted octanol–water partition coefficient (Wildman–Crippen LogP) is 5.65. The van der Waals surface area contributed by atoms with E-state index in [0.717, 1.165) is 22.5 Å². The van der Waals surface area contributed by atoms with E-state index in [0.29, 0.717) is 30.2 Å². The number of hydrogen-bond donors (Lipinski definition) is 2. The fourth-order valence-electron chi connectivity index (χ4n) is 4.24. The molecule has 0 saturated heterocycles. The number of non-ortho nitro benzene ring substituents is 1. The van der Waals surface area contributed by atoms with Crippen molar-refractivity contribution in [3.8, 4) is 22.6 Å². The first kappa shape index (κ1) is 27.8. The summed E-state index contributed by atoms with van der Waals surface area (Å²) >= 11 is 0. The van der Waals surface area contributed by atoms with Crippen LogP contribution in [0.3, 0.4) is 0 Å². The van der Waals surface area contributed by atoms with Crippen LogP contribution in [0.25, 0.3) is 16.8 Å². The van der Waals surface area contributed by atoms with E-state index in [-0.39, 0.29) is 12.2 Å². The quantitative estimate of drug-likeness (QED) is 0.197. The lowest BCUT2D eigenvalue weighted by Gasteiger charge is -2.22. The van der Waals surface area contributed by atoms with Crippen LogP contribution < -0.4 is 15.4 Å². The van der Waals surface area contributed by atoms with Crippen molar-refractivity contribution >= 4 is 29.1 Å². The SMILES string of the molecule is CCCN(CC(=O)Nc1c(-c2ccccc2)c(C)nn1-c1ccc(OC)cc1)C(=O)Nc1ccc([N+](=O)[O-])cc1. The highest BCUT2D eigenvalue weighted by Crippen LogP contribution is 2.33. The summed E-state index contributed by atoms with van der Waals surface area (Å²) in [5.74, 6) is 0.765. The van der Waals surface area contributed by atoms with Crippen molar-refractivity contribution in [1.29, 1.82) is 0 Å². The van der Waals surface area contributed by atoms with Crippen LogP contribution in [0.15, 0.2) is 78.9 Å². The smallest absolute Gasteiger partial charge is 0.322 e. The van der Waals surface area contributed by atoms with E-state index in [4.69, 9.17) is 9.84 Å². The zero-order valence-electron chi connectivity index (χ0n) is 22.5. The largest absolute Gasteiger partial charge is 0.497 e. The number of benzene rings is 3. The number of aryl methyl sites for hydroxylation is 1. The van der Waals surface area contributed by atoms with Crippen LogP contribution in [0.1, 0.15) is 19.0 Å². The third kappa shape index (κ3) is 6.44. The van der Waals surface area contributed by atoms with E-state index < -0.39 is 16.9 Å². The molecule has 0 unspecified atom stereocenters. The number of hydrogen-bond acceptors (Lipinski definition) is 6. The molecule has 0 aliphatic heterocycles. The first-order chi connectivity index (χ1) is 19.3. The summed E-state index contributed by atoms with van der Waals surface area (Å²) in [4.78, 5) is 38.2. The monoisotopic (exact) mass is 542 g/mol. The molecular weight excluding hydrogens is 512 g/mol. The number of nitro benzene ring substituents is 1. The summed E-state index contributed by atoms with van der Waals surface area (Å²) in [6, 6.07) is 22.0. The molecule has 3 amide bonds. The Bertz CT molecular complexity index is 1480. The van der Waals surface area contributed by atoms with E-state index >= 15 is 0 Å². The zero-order chi connectivity index (χ0) is 28.6. The number of nitro groups is 1. The molecule has 3 aromatic carbocycles. The van der Waals surface area contributed by atoms with Crippen LogP contribution >= 0.6 is 0 Å². The first-order valence-electron chi connectivity index (χ1n) is 12.7. The summed E-state index contributed by atoms with van der Waals surface area (Å²) in [7, 11) is 1.59. The lowest BCUT2D eigenvalue weighted by Crippen LogP contribution is -2.41. The van der Waals surface area contributed by atoms with Crippen LogP contribution in [-0.2, 0) is 4.79 Å². The van der Waals surface area contributed by atoms with Crippen LogP contribution in [0.2, 0.25) is 0 Å². The molecule has 0 saturated carbocycles. The van der Waals surface area contributed by atoms with Gasteiger partial charge in [0.15, 0.2) is 0 Å². The number of nitrogens with zero attached hydrogens (tertiary/aromatic N) is 4. The number of urea groups is 1. The van der Waals surface area contributed by atoms with E-state index in [9.17, 15) is 19.7 Å². The minimum Gasteiger partial charge on any atom is -0.497 e. The molecular formula is C29H30N6O5. The van der Waals surface area contributed by atoms with Crippen molar-refractivity contribution < 1.29 is 19.2 Å². The highest BCUT2D eigenvalue weighted by Gasteiger charge is 2.23. The van der Waals surface area contributed by atoms with Crippen LogP contribution in [0.5, 0.6) is 5.75 Å². The van der Waals surface area contributed by atoms with Gasteiger partial charge in [-0.1, -0.05) is 37.3 Å². The second-order valence-corrected chi connectivity index (χ2v) is 8.99. The van der Waals surface area contributed by atoms with Crippen molar-refractivity contribution in [2.45, 2.75) is 20.3 Å². The number of anilines is 2. The molecule has 0 spiro atoms. The Hall–Kier alpha value is -5.19. The van der Waals surface area contributed by atoms with Crippen molar-refractivity contribution in [2.24, 2.45) is 0 Å². The van der Waals surface area contributed by atoms with Crippen LogP contribution in [-0.4, -0.2) is 51.7 Å². The average molecular weight is 543 g/mol. The standard InChI is InChI=1S/C29H30N6O5/c1-4-18-33(29(37)30-22-10-12-24(13-11-22)35(38)39)19-26(36)31-28-27(21-8-6-5-7-9-21)20(2)32-34(28)23-14-16-25(40-3)17-15-23/h5-17H,4,18-19H2,1-3H3,(H,30,37)(H,31,36). The molecule has 0 radical (unpaired) electrons. The Morgan fingerprint density at radius 1 is 1.00 bits per heavy atom. The average Bonchev–Trinajstić information content (AvgIpc) is 3.28. The molecule has 40 heavy (non-hydrogen) atoms. The molecule has 0 bridgehead atoms. The van der Waals surface area contributed by atoms with Gasteiger partial charge < -0.3 is 20.3 Å². The van der Waals surface area contributed by atoms with Crippen molar-refractivity contribution in [3.05, 3.63) is 94.7 Å². The molecule has 4 aromatic rings. The lowest BCUT2D eigenvalue weighted by atomic mass is 10.1. The molecule has 0 aliphatic carbocycles. The number of ether oxygens (including phenoxy) is 1. The van der Waals surface area contributed by atoms with E-state index in [2.05, 4.69) is 10.6 Å². The summed E-state index contributed by atoms with van der Waals surface area (Å²) < 4.78 is 6.94. The summed E-state index contributed by atoms with van der Waals surface area (Å²) in [5.41, 5.74) is 3.40. The molecule has 2 N–H and O–H groups in total. The van der Waals surface area contributed by atoms with Gasteiger partial charge in [0.2, 0.25) is 5.91 Å². The molecule has 11 heteroatoms. The Balaban J connectivity index is 1.59. The molecule has 0 aliphatic rings. The second kappa shape index (κ2) is 12.6. The van der Waals surface area contributed by atoms with E-state index in [1.54, 1.807) is 11.8 Å². The van der Waals surface area contributed by atoms with Gasteiger partial charge in [-0.3, -0.25) is 14.9 Å². The van der Waals surface area contributed by atoms with Crippen molar-refractivity contribution in [1.82, 2.24) is 14.7 Å². The molecule has 0 atom stereocenters. The summed E-state index contributed by atoms with van der Waals surface area (Å²) in [6.07, 6.45) is 0.624. The Morgan fingerprint density at radius 3 is 2.27 bits per heavy atom. The Morgan fingerprint density at radius 2 is 1.68 bits per heavy atom. The second-order valence-electron chi connectivity index (χ2n) is 8.99. The maximum absolute atomic E-state index is 13.4. The Labute approximate surface area is 231 Å². The fraction of sp³-hybridized carbons (Fsp3) is 0.207. The predicted molar refractivity (Wildman–Crippen MR) is 153 cm³/mol. The van der Waals surface area contributed by atoms with Gasteiger partial charge in [-0.2, -0.15) is 5.10 Å². The highest BCUT2D eigenvalue weighted by atomic mass is 16.6. The maximum atomic E-state index is 13.4. The van der Waals surface area contributed by atoms with Gasteiger partial charge in [-0.05, 0) is 55.3 Å². The number of aromatic nitrogens is 2. The number of methoxy groups -OCH3 is 1. The first-order valence-corrected chi connectivity index (χ1v) is 12.7. The zero-order valence-corrected chi connectivity index (χ0v) is 22.5.